The molecule has 1 aliphatic heterocycles. The fourth-order valence-corrected chi connectivity index (χ4v) is 3.27. The zero-order chi connectivity index (χ0) is 16.2. The van der Waals surface area contributed by atoms with Gasteiger partial charge >= 0.3 is 0 Å². The molecule has 1 N–H and O–H groups in total. The maximum Gasteiger partial charge on any atom is 0.216 e. The Hall–Kier alpha value is -2.01. The smallest absolute Gasteiger partial charge is 0.216 e. The van der Waals surface area contributed by atoms with Gasteiger partial charge in [0.2, 0.25) is 5.88 Å². The van der Waals surface area contributed by atoms with Crippen LogP contribution in [-0.2, 0) is 20.1 Å². The highest BCUT2D eigenvalue weighted by Gasteiger charge is 2.14. The van der Waals surface area contributed by atoms with E-state index in [1.54, 1.807) is 11.8 Å². The zero-order valence-corrected chi connectivity index (χ0v) is 14.3. The van der Waals surface area contributed by atoms with Crippen LogP contribution in [0.4, 0.5) is 5.69 Å². The fourth-order valence-electron chi connectivity index (χ4n) is 3.27. The molecule has 1 fully saturated rings. The number of methoxy groups -OCH3 is 1. The van der Waals surface area contributed by atoms with Crippen molar-refractivity contribution >= 4 is 5.69 Å². The van der Waals surface area contributed by atoms with Gasteiger partial charge in [-0.3, -0.25) is 0 Å². The van der Waals surface area contributed by atoms with E-state index in [4.69, 9.17) is 4.74 Å². The fraction of sp³-hybridized carbons (Fsp3) is 0.500. The van der Waals surface area contributed by atoms with E-state index in [1.807, 2.05) is 14.0 Å². The number of hydrogen-bond donors (Lipinski definition) is 1. The van der Waals surface area contributed by atoms with Crippen LogP contribution in [0.2, 0.25) is 0 Å². The second-order valence-corrected chi connectivity index (χ2v) is 6.16. The number of hydrogen-bond acceptors (Lipinski definition) is 4. The molecule has 0 spiro atoms. The SMILES string of the molecule is COc1c(CNCc2ccc(N3CCCC3)cc2)c(C)nn1C. The van der Waals surface area contributed by atoms with E-state index in [0.717, 1.165) is 30.2 Å². The number of aromatic nitrogens is 2. The molecular weight excluding hydrogens is 288 g/mol. The molecule has 0 aliphatic carbocycles. The molecule has 5 heteroatoms. The van der Waals surface area contributed by atoms with E-state index in [2.05, 4.69) is 39.6 Å². The van der Waals surface area contributed by atoms with Crippen molar-refractivity contribution < 1.29 is 4.74 Å². The van der Waals surface area contributed by atoms with Gasteiger partial charge in [0, 0.05) is 38.9 Å². The highest BCUT2D eigenvalue weighted by atomic mass is 16.5. The maximum absolute atomic E-state index is 5.43. The number of anilines is 1. The second kappa shape index (κ2) is 7.04. The molecule has 0 bridgehead atoms. The monoisotopic (exact) mass is 314 g/mol. The summed E-state index contributed by atoms with van der Waals surface area (Å²) in [6.45, 7) is 6.01. The Bertz CT molecular complexity index is 642. The first-order valence-electron chi connectivity index (χ1n) is 8.30. The van der Waals surface area contributed by atoms with E-state index in [1.165, 1.54) is 37.2 Å². The molecule has 2 aromatic rings. The lowest BCUT2D eigenvalue weighted by Gasteiger charge is -2.17. The summed E-state index contributed by atoms with van der Waals surface area (Å²) in [5.41, 5.74) is 4.79. The number of ether oxygens (including phenoxy) is 1. The van der Waals surface area contributed by atoms with Crippen molar-refractivity contribution in [3.63, 3.8) is 0 Å². The van der Waals surface area contributed by atoms with Crippen LogP contribution in [0, 0.1) is 6.92 Å². The molecule has 23 heavy (non-hydrogen) atoms. The average Bonchev–Trinajstić information content (AvgIpc) is 3.17. The molecule has 1 aromatic carbocycles. The average molecular weight is 314 g/mol. The number of rotatable bonds is 6. The van der Waals surface area contributed by atoms with Crippen molar-refractivity contribution in [2.24, 2.45) is 7.05 Å². The molecule has 3 rings (SSSR count). The first-order valence-corrected chi connectivity index (χ1v) is 8.30. The van der Waals surface area contributed by atoms with Crippen molar-refractivity contribution in [3.8, 4) is 5.88 Å². The molecule has 1 aromatic heterocycles. The van der Waals surface area contributed by atoms with Crippen LogP contribution in [0.5, 0.6) is 5.88 Å². The van der Waals surface area contributed by atoms with Gasteiger partial charge in [-0.05, 0) is 37.5 Å². The topological polar surface area (TPSA) is 42.3 Å². The van der Waals surface area contributed by atoms with Crippen LogP contribution in [-0.4, -0.2) is 30.0 Å². The predicted molar refractivity (Wildman–Crippen MR) is 92.9 cm³/mol. The summed E-state index contributed by atoms with van der Waals surface area (Å²) in [7, 11) is 3.60. The van der Waals surface area contributed by atoms with Gasteiger partial charge in [0.05, 0.1) is 18.4 Å². The Morgan fingerprint density at radius 2 is 1.83 bits per heavy atom. The third-order valence-electron chi connectivity index (χ3n) is 4.52. The Kier molecular flexibility index (Phi) is 4.86. The van der Waals surface area contributed by atoms with Crippen LogP contribution < -0.4 is 15.0 Å². The largest absolute Gasteiger partial charge is 0.481 e. The van der Waals surface area contributed by atoms with E-state index in [0.29, 0.717) is 0 Å². The molecule has 124 valence electrons. The summed E-state index contributed by atoms with van der Waals surface area (Å²) in [5, 5.41) is 7.90. The van der Waals surface area contributed by atoms with Crippen LogP contribution in [0.3, 0.4) is 0 Å². The summed E-state index contributed by atoms with van der Waals surface area (Å²) in [4.78, 5) is 2.46. The molecule has 0 saturated carbocycles. The highest BCUT2D eigenvalue weighted by molar-refractivity contribution is 5.48. The number of nitrogens with one attached hydrogen (secondary N) is 1. The van der Waals surface area contributed by atoms with E-state index < -0.39 is 0 Å². The summed E-state index contributed by atoms with van der Waals surface area (Å²) < 4.78 is 7.22. The highest BCUT2D eigenvalue weighted by Crippen LogP contribution is 2.22. The minimum absolute atomic E-state index is 0.761. The molecule has 2 heterocycles. The number of benzene rings is 1. The van der Waals surface area contributed by atoms with Crippen molar-refractivity contribution in [1.82, 2.24) is 15.1 Å². The summed E-state index contributed by atoms with van der Waals surface area (Å²) in [6.07, 6.45) is 2.63. The Labute approximate surface area is 138 Å². The van der Waals surface area contributed by atoms with Crippen LogP contribution in [0.15, 0.2) is 24.3 Å². The molecule has 1 aliphatic rings. The lowest BCUT2D eigenvalue weighted by atomic mass is 10.2. The first-order chi connectivity index (χ1) is 11.2. The van der Waals surface area contributed by atoms with Gasteiger partial charge in [-0.15, -0.1) is 0 Å². The normalized spacial score (nSPS) is 14.5. The summed E-state index contributed by atoms with van der Waals surface area (Å²) in [5.74, 6) is 0.833. The number of nitrogens with zero attached hydrogens (tertiary/aromatic N) is 3. The molecule has 0 unspecified atom stereocenters. The zero-order valence-electron chi connectivity index (χ0n) is 14.3. The van der Waals surface area contributed by atoms with Gasteiger partial charge in [-0.2, -0.15) is 5.10 Å². The molecular formula is C18H26N4O. The molecule has 0 radical (unpaired) electrons. The van der Waals surface area contributed by atoms with Crippen molar-refractivity contribution in [3.05, 3.63) is 41.1 Å². The third-order valence-corrected chi connectivity index (χ3v) is 4.52. The van der Waals surface area contributed by atoms with Gasteiger partial charge in [0.1, 0.15) is 0 Å². The molecule has 5 nitrogen and oxygen atoms in total. The quantitative estimate of drug-likeness (QED) is 0.890. The van der Waals surface area contributed by atoms with Gasteiger partial charge < -0.3 is 15.0 Å². The Morgan fingerprint density at radius 3 is 2.48 bits per heavy atom. The second-order valence-electron chi connectivity index (χ2n) is 6.16. The van der Waals surface area contributed by atoms with Crippen LogP contribution in [0.25, 0.3) is 0 Å². The molecule has 0 amide bonds. The Balaban J connectivity index is 1.56. The molecule has 1 saturated heterocycles. The van der Waals surface area contributed by atoms with Crippen LogP contribution >= 0.6 is 0 Å². The minimum Gasteiger partial charge on any atom is -0.481 e. The van der Waals surface area contributed by atoms with Gasteiger partial charge in [0.25, 0.3) is 0 Å². The van der Waals surface area contributed by atoms with Gasteiger partial charge in [-0.1, -0.05) is 12.1 Å². The minimum atomic E-state index is 0.761. The van der Waals surface area contributed by atoms with E-state index >= 15 is 0 Å². The Morgan fingerprint density at radius 1 is 1.13 bits per heavy atom. The standard InChI is InChI=1S/C18H26N4O/c1-14-17(18(23-3)21(2)20-14)13-19-12-15-6-8-16(9-7-15)22-10-4-5-11-22/h6-9,19H,4-5,10-13H2,1-3H3. The lowest BCUT2D eigenvalue weighted by Crippen LogP contribution is -2.17. The van der Waals surface area contributed by atoms with Gasteiger partial charge in [-0.25, -0.2) is 4.68 Å². The summed E-state index contributed by atoms with van der Waals surface area (Å²) in [6, 6.07) is 8.90. The first kappa shape index (κ1) is 15.9. The van der Waals surface area contributed by atoms with Crippen molar-refractivity contribution in [1.29, 1.82) is 0 Å². The predicted octanol–water partition coefficient (Wildman–Crippen LogP) is 2.63. The third kappa shape index (κ3) is 3.50. The van der Waals surface area contributed by atoms with Crippen LogP contribution in [0.1, 0.15) is 29.7 Å². The van der Waals surface area contributed by atoms with Crippen molar-refractivity contribution in [2.45, 2.75) is 32.9 Å². The van der Waals surface area contributed by atoms with E-state index in [9.17, 15) is 0 Å². The molecule has 0 atom stereocenters. The summed E-state index contributed by atoms with van der Waals surface area (Å²) >= 11 is 0. The number of aryl methyl sites for hydroxylation is 2. The van der Waals surface area contributed by atoms with Crippen molar-refractivity contribution in [2.75, 3.05) is 25.1 Å². The maximum atomic E-state index is 5.43. The van der Waals surface area contributed by atoms with Gasteiger partial charge in [0.15, 0.2) is 0 Å². The lowest BCUT2D eigenvalue weighted by molar-refractivity contribution is 0.368. The van der Waals surface area contributed by atoms with E-state index in [-0.39, 0.29) is 0 Å².